The molecule has 18 heavy (non-hydrogen) atoms. The standard InChI is InChI=1S/C13H16ClN3O/c1-17-6-5-16-13(17)8-11(15)10-7-9(14)3-4-12(10)18-2/h3-7,11H,8,15H2,1-2H3. The molecule has 2 aromatic rings. The van der Waals surface area contributed by atoms with Gasteiger partial charge in [0, 0.05) is 42.5 Å². The van der Waals surface area contributed by atoms with Gasteiger partial charge in [0.1, 0.15) is 11.6 Å². The van der Waals surface area contributed by atoms with Crippen LogP contribution >= 0.6 is 11.6 Å². The van der Waals surface area contributed by atoms with Gasteiger partial charge in [0.05, 0.1) is 7.11 Å². The van der Waals surface area contributed by atoms with Crippen LogP contribution in [0.15, 0.2) is 30.6 Å². The predicted molar refractivity (Wildman–Crippen MR) is 71.8 cm³/mol. The van der Waals surface area contributed by atoms with Gasteiger partial charge in [-0.3, -0.25) is 0 Å². The van der Waals surface area contributed by atoms with Crippen molar-refractivity contribution in [3.05, 3.63) is 47.0 Å². The number of methoxy groups -OCH3 is 1. The first-order chi connectivity index (χ1) is 8.61. The van der Waals surface area contributed by atoms with E-state index in [1.54, 1.807) is 19.4 Å². The Morgan fingerprint density at radius 3 is 2.89 bits per heavy atom. The summed E-state index contributed by atoms with van der Waals surface area (Å²) < 4.78 is 7.26. The second-order valence-electron chi connectivity index (χ2n) is 4.15. The van der Waals surface area contributed by atoms with E-state index in [0.717, 1.165) is 17.1 Å². The van der Waals surface area contributed by atoms with Crippen molar-refractivity contribution in [2.24, 2.45) is 12.8 Å². The zero-order chi connectivity index (χ0) is 13.1. The summed E-state index contributed by atoms with van der Waals surface area (Å²) in [6, 6.07) is 5.26. The number of benzene rings is 1. The van der Waals surface area contributed by atoms with Crippen molar-refractivity contribution < 1.29 is 4.74 Å². The lowest BCUT2D eigenvalue weighted by molar-refractivity contribution is 0.405. The highest BCUT2D eigenvalue weighted by molar-refractivity contribution is 6.30. The average molecular weight is 266 g/mol. The molecule has 96 valence electrons. The molecule has 2 N–H and O–H groups in total. The first kappa shape index (κ1) is 12.9. The zero-order valence-electron chi connectivity index (χ0n) is 10.4. The molecule has 0 saturated carbocycles. The summed E-state index contributed by atoms with van der Waals surface area (Å²) in [5.74, 6) is 1.69. The van der Waals surface area contributed by atoms with Crippen LogP contribution in [0.1, 0.15) is 17.4 Å². The average Bonchev–Trinajstić information content (AvgIpc) is 2.75. The Morgan fingerprint density at radius 1 is 1.50 bits per heavy atom. The molecule has 0 aliphatic carbocycles. The number of nitrogens with zero attached hydrogens (tertiary/aromatic N) is 2. The Bertz CT molecular complexity index is 539. The molecule has 1 aromatic heterocycles. The highest BCUT2D eigenvalue weighted by atomic mass is 35.5. The van der Waals surface area contributed by atoms with Crippen molar-refractivity contribution in [3.63, 3.8) is 0 Å². The van der Waals surface area contributed by atoms with Gasteiger partial charge >= 0.3 is 0 Å². The maximum Gasteiger partial charge on any atom is 0.123 e. The summed E-state index contributed by atoms with van der Waals surface area (Å²) in [5.41, 5.74) is 7.10. The molecular weight excluding hydrogens is 250 g/mol. The van der Waals surface area contributed by atoms with E-state index in [9.17, 15) is 0 Å². The third-order valence-corrected chi connectivity index (χ3v) is 3.15. The molecule has 1 atom stereocenters. The summed E-state index contributed by atoms with van der Waals surface area (Å²) in [7, 11) is 3.57. The Labute approximate surface area is 111 Å². The van der Waals surface area contributed by atoms with Crippen LogP contribution in [0, 0.1) is 0 Å². The van der Waals surface area contributed by atoms with Gasteiger partial charge in [-0.1, -0.05) is 11.6 Å². The van der Waals surface area contributed by atoms with Gasteiger partial charge in [0.15, 0.2) is 0 Å². The molecule has 5 heteroatoms. The van der Waals surface area contributed by atoms with Gasteiger partial charge in [0.25, 0.3) is 0 Å². The predicted octanol–water partition coefficient (Wildman–Crippen LogP) is 2.32. The van der Waals surface area contributed by atoms with Crippen molar-refractivity contribution in [2.45, 2.75) is 12.5 Å². The van der Waals surface area contributed by atoms with E-state index >= 15 is 0 Å². The topological polar surface area (TPSA) is 53.1 Å². The minimum Gasteiger partial charge on any atom is -0.496 e. The minimum atomic E-state index is -0.195. The molecule has 0 spiro atoms. The van der Waals surface area contributed by atoms with E-state index in [0.29, 0.717) is 11.4 Å². The third kappa shape index (κ3) is 2.66. The molecule has 0 saturated heterocycles. The van der Waals surface area contributed by atoms with E-state index in [1.807, 2.05) is 29.9 Å². The number of aromatic nitrogens is 2. The lowest BCUT2D eigenvalue weighted by Crippen LogP contribution is -2.16. The molecular formula is C13H16ClN3O. The first-order valence-corrected chi connectivity index (χ1v) is 6.05. The van der Waals surface area contributed by atoms with Crippen molar-refractivity contribution in [3.8, 4) is 5.75 Å². The molecule has 0 aliphatic heterocycles. The minimum absolute atomic E-state index is 0.195. The van der Waals surface area contributed by atoms with Crippen molar-refractivity contribution in [2.75, 3.05) is 7.11 Å². The molecule has 0 fully saturated rings. The largest absolute Gasteiger partial charge is 0.496 e. The van der Waals surface area contributed by atoms with Crippen LogP contribution in [0.3, 0.4) is 0 Å². The van der Waals surface area contributed by atoms with E-state index < -0.39 is 0 Å². The highest BCUT2D eigenvalue weighted by Crippen LogP contribution is 2.28. The van der Waals surface area contributed by atoms with Gasteiger partial charge in [-0.15, -0.1) is 0 Å². The number of aryl methyl sites for hydroxylation is 1. The third-order valence-electron chi connectivity index (χ3n) is 2.91. The van der Waals surface area contributed by atoms with Crippen LogP contribution in [0.25, 0.3) is 0 Å². The Hall–Kier alpha value is -1.52. The monoisotopic (exact) mass is 265 g/mol. The molecule has 0 amide bonds. The summed E-state index contributed by atoms with van der Waals surface area (Å²) in [6.45, 7) is 0. The van der Waals surface area contributed by atoms with Crippen LogP contribution < -0.4 is 10.5 Å². The number of rotatable bonds is 4. The van der Waals surface area contributed by atoms with Crippen molar-refractivity contribution >= 4 is 11.6 Å². The summed E-state index contributed by atoms with van der Waals surface area (Å²) in [6.07, 6.45) is 4.30. The summed E-state index contributed by atoms with van der Waals surface area (Å²) in [4.78, 5) is 4.27. The number of imidazole rings is 1. The van der Waals surface area contributed by atoms with Crippen molar-refractivity contribution in [1.82, 2.24) is 9.55 Å². The molecule has 1 unspecified atom stereocenters. The van der Waals surface area contributed by atoms with E-state index in [2.05, 4.69) is 4.98 Å². The van der Waals surface area contributed by atoms with E-state index in [-0.39, 0.29) is 6.04 Å². The van der Waals surface area contributed by atoms with Gasteiger partial charge in [-0.05, 0) is 18.2 Å². The lowest BCUT2D eigenvalue weighted by atomic mass is 10.0. The van der Waals surface area contributed by atoms with Crippen LogP contribution in [0.4, 0.5) is 0 Å². The summed E-state index contributed by atoms with van der Waals surface area (Å²) >= 11 is 6.00. The molecule has 0 radical (unpaired) electrons. The first-order valence-electron chi connectivity index (χ1n) is 5.67. The van der Waals surface area contributed by atoms with Crippen LogP contribution in [-0.2, 0) is 13.5 Å². The van der Waals surface area contributed by atoms with Crippen LogP contribution in [0.2, 0.25) is 5.02 Å². The quantitative estimate of drug-likeness (QED) is 0.923. The fourth-order valence-corrected chi connectivity index (χ4v) is 2.08. The number of halogens is 1. The number of hydrogen-bond donors (Lipinski definition) is 1. The van der Waals surface area contributed by atoms with Gasteiger partial charge in [0.2, 0.25) is 0 Å². The molecule has 1 heterocycles. The highest BCUT2D eigenvalue weighted by Gasteiger charge is 2.15. The van der Waals surface area contributed by atoms with Crippen LogP contribution in [0.5, 0.6) is 5.75 Å². The van der Waals surface area contributed by atoms with E-state index in [4.69, 9.17) is 22.1 Å². The molecule has 1 aromatic carbocycles. The van der Waals surface area contributed by atoms with Crippen LogP contribution in [-0.4, -0.2) is 16.7 Å². The number of ether oxygens (including phenoxy) is 1. The normalized spacial score (nSPS) is 12.4. The fourth-order valence-electron chi connectivity index (χ4n) is 1.89. The molecule has 0 bridgehead atoms. The van der Waals surface area contributed by atoms with Gasteiger partial charge < -0.3 is 15.0 Å². The Kier molecular flexibility index (Phi) is 3.89. The van der Waals surface area contributed by atoms with Gasteiger partial charge in [-0.25, -0.2) is 4.98 Å². The zero-order valence-corrected chi connectivity index (χ0v) is 11.2. The van der Waals surface area contributed by atoms with Gasteiger partial charge in [-0.2, -0.15) is 0 Å². The van der Waals surface area contributed by atoms with E-state index in [1.165, 1.54) is 0 Å². The molecule has 4 nitrogen and oxygen atoms in total. The number of nitrogens with two attached hydrogens (primary N) is 1. The number of hydrogen-bond acceptors (Lipinski definition) is 3. The smallest absolute Gasteiger partial charge is 0.123 e. The molecule has 2 rings (SSSR count). The summed E-state index contributed by atoms with van der Waals surface area (Å²) in [5, 5.41) is 0.654. The maximum absolute atomic E-state index is 6.21. The molecule has 0 aliphatic rings. The van der Waals surface area contributed by atoms with Crippen molar-refractivity contribution in [1.29, 1.82) is 0 Å². The Morgan fingerprint density at radius 2 is 2.28 bits per heavy atom. The maximum atomic E-state index is 6.21. The second kappa shape index (κ2) is 5.42. The lowest BCUT2D eigenvalue weighted by Gasteiger charge is -2.16. The fraction of sp³-hybridized carbons (Fsp3) is 0.308. The Balaban J connectivity index is 2.25. The second-order valence-corrected chi connectivity index (χ2v) is 4.59. The SMILES string of the molecule is COc1ccc(Cl)cc1C(N)Cc1nccn1C.